The van der Waals surface area contributed by atoms with Crippen molar-refractivity contribution in [3.05, 3.63) is 77.5 Å². The fourth-order valence-corrected chi connectivity index (χ4v) is 5.52. The average molecular weight is 419 g/mol. The minimum Gasteiger partial charge on any atom is -0.455 e. The number of aryl methyl sites for hydroxylation is 3. The van der Waals surface area contributed by atoms with Gasteiger partial charge in [-0.1, -0.05) is 61.9 Å². The Balaban J connectivity index is 1.83. The third-order valence-electron chi connectivity index (χ3n) is 6.95. The Morgan fingerprint density at radius 2 is 1.66 bits per heavy atom. The van der Waals surface area contributed by atoms with Crippen LogP contribution in [0.15, 0.2) is 60.8 Å². The van der Waals surface area contributed by atoms with Crippen LogP contribution in [-0.2, 0) is 13.5 Å². The van der Waals surface area contributed by atoms with E-state index in [-0.39, 0.29) is 0 Å². The number of benzene rings is 4. The lowest BCUT2D eigenvalue weighted by molar-refractivity contribution is -0.659. The van der Waals surface area contributed by atoms with E-state index in [0.29, 0.717) is 5.92 Å². The van der Waals surface area contributed by atoms with Crippen LogP contribution in [0.3, 0.4) is 0 Å². The van der Waals surface area contributed by atoms with Crippen LogP contribution in [0.1, 0.15) is 30.5 Å². The molecule has 32 heavy (non-hydrogen) atoms. The molecule has 2 heteroatoms. The second-order valence-electron chi connectivity index (χ2n) is 9.72. The van der Waals surface area contributed by atoms with Gasteiger partial charge in [0.1, 0.15) is 18.5 Å². The molecule has 0 saturated heterocycles. The molecule has 1 aromatic heterocycles. The first-order valence-electron chi connectivity index (χ1n) is 11.5. The van der Waals surface area contributed by atoms with E-state index in [1.165, 1.54) is 60.3 Å². The maximum atomic E-state index is 6.85. The zero-order valence-corrected chi connectivity index (χ0v) is 19.4. The summed E-state index contributed by atoms with van der Waals surface area (Å²) in [7, 11) is 2.16. The summed E-state index contributed by atoms with van der Waals surface area (Å²) < 4.78 is 9.12. The molecule has 2 nitrogen and oxygen atoms in total. The Kier molecular flexibility index (Phi) is 4.10. The maximum absolute atomic E-state index is 6.85. The van der Waals surface area contributed by atoms with Crippen molar-refractivity contribution in [3.63, 3.8) is 0 Å². The summed E-state index contributed by atoms with van der Waals surface area (Å²) in [6.07, 6.45) is 3.19. The van der Waals surface area contributed by atoms with E-state index in [2.05, 4.69) is 100 Å². The van der Waals surface area contributed by atoms with Gasteiger partial charge in [-0.05, 0) is 59.4 Å². The average Bonchev–Trinajstić information content (AvgIpc) is 2.78. The van der Waals surface area contributed by atoms with E-state index >= 15 is 0 Å². The van der Waals surface area contributed by atoms with E-state index in [9.17, 15) is 0 Å². The number of ether oxygens (including phenoxy) is 1. The number of nitrogens with zero attached hydrogens (tertiary/aromatic N) is 1. The number of rotatable bonds is 2. The first kappa shape index (κ1) is 19.3. The summed E-state index contributed by atoms with van der Waals surface area (Å²) in [5.74, 6) is 2.55. The van der Waals surface area contributed by atoms with Crippen LogP contribution >= 0.6 is 0 Å². The number of aromatic nitrogens is 1. The van der Waals surface area contributed by atoms with Gasteiger partial charge in [0.2, 0.25) is 5.69 Å². The Morgan fingerprint density at radius 1 is 0.875 bits per heavy atom. The molecule has 5 aromatic rings. The molecular weight excluding hydrogens is 390 g/mol. The zero-order chi connectivity index (χ0) is 22.1. The molecular formula is C30H28NO+. The highest BCUT2D eigenvalue weighted by atomic mass is 16.5. The first-order chi connectivity index (χ1) is 15.4. The highest BCUT2D eigenvalue weighted by Crippen LogP contribution is 2.52. The van der Waals surface area contributed by atoms with Crippen molar-refractivity contribution in [1.82, 2.24) is 0 Å². The lowest BCUT2D eigenvalue weighted by atomic mass is 9.85. The van der Waals surface area contributed by atoms with E-state index in [1.807, 2.05) is 0 Å². The standard InChI is InChI=1S/C30H28NO/c1-17(2)14-25-22-9-7-6-8-21(22)19(4)27-29-28-23(12-13-31(29)5)24-15-18(3)10-11-20(24)16-26(28)32-30(25)27/h6-13,15-17H,14H2,1-5H3/q+1. The molecule has 4 aromatic carbocycles. The van der Waals surface area contributed by atoms with Gasteiger partial charge in [0, 0.05) is 17.0 Å². The summed E-state index contributed by atoms with van der Waals surface area (Å²) in [6.45, 7) is 8.98. The third-order valence-corrected chi connectivity index (χ3v) is 6.95. The minimum absolute atomic E-state index is 0.541. The fraction of sp³-hybridized carbons (Fsp3) is 0.233. The Hall–Kier alpha value is -3.39. The molecule has 0 aliphatic carbocycles. The topological polar surface area (TPSA) is 13.1 Å². The Bertz CT molecular complexity index is 1580. The molecule has 0 radical (unpaired) electrons. The predicted molar refractivity (Wildman–Crippen MR) is 134 cm³/mol. The highest BCUT2D eigenvalue weighted by molar-refractivity contribution is 6.16. The summed E-state index contributed by atoms with van der Waals surface area (Å²) >= 11 is 0. The molecule has 0 fully saturated rings. The normalized spacial score (nSPS) is 12.6. The molecule has 0 amide bonds. The van der Waals surface area contributed by atoms with Crippen molar-refractivity contribution < 1.29 is 9.30 Å². The number of hydrogen-bond donors (Lipinski definition) is 0. The van der Waals surface area contributed by atoms with Crippen molar-refractivity contribution in [2.75, 3.05) is 0 Å². The van der Waals surface area contributed by atoms with Crippen molar-refractivity contribution in [1.29, 1.82) is 0 Å². The maximum Gasteiger partial charge on any atom is 0.228 e. The molecule has 0 atom stereocenters. The SMILES string of the molecule is Cc1ccc2cc3c4c([n+](C)ccc4c2c1)-c1c(c(CC(C)C)c2ccccc2c1C)O3. The molecule has 158 valence electrons. The molecule has 2 heterocycles. The van der Waals surface area contributed by atoms with Gasteiger partial charge in [0.15, 0.2) is 6.20 Å². The van der Waals surface area contributed by atoms with Crippen LogP contribution in [0.2, 0.25) is 0 Å². The van der Waals surface area contributed by atoms with Gasteiger partial charge in [0.25, 0.3) is 0 Å². The summed E-state index contributed by atoms with van der Waals surface area (Å²) in [4.78, 5) is 0. The molecule has 1 aliphatic rings. The van der Waals surface area contributed by atoms with E-state index < -0.39 is 0 Å². The lowest BCUT2D eigenvalue weighted by Gasteiger charge is -2.26. The summed E-state index contributed by atoms with van der Waals surface area (Å²) in [5, 5.41) is 7.63. The van der Waals surface area contributed by atoms with Gasteiger partial charge in [-0.25, -0.2) is 4.57 Å². The molecule has 0 bridgehead atoms. The van der Waals surface area contributed by atoms with Crippen molar-refractivity contribution >= 4 is 32.3 Å². The minimum atomic E-state index is 0.541. The van der Waals surface area contributed by atoms with E-state index in [4.69, 9.17) is 4.74 Å². The van der Waals surface area contributed by atoms with Gasteiger partial charge in [-0.2, -0.15) is 0 Å². The molecule has 0 spiro atoms. The second-order valence-corrected chi connectivity index (χ2v) is 9.72. The lowest BCUT2D eigenvalue weighted by Crippen LogP contribution is -2.32. The largest absolute Gasteiger partial charge is 0.455 e. The van der Waals surface area contributed by atoms with Gasteiger partial charge in [-0.3, -0.25) is 0 Å². The molecule has 0 N–H and O–H groups in total. The Morgan fingerprint density at radius 3 is 2.44 bits per heavy atom. The molecule has 6 rings (SSSR count). The monoisotopic (exact) mass is 418 g/mol. The van der Waals surface area contributed by atoms with Crippen molar-refractivity contribution in [3.8, 4) is 22.8 Å². The third kappa shape index (κ3) is 2.62. The van der Waals surface area contributed by atoms with Crippen LogP contribution in [-0.4, -0.2) is 0 Å². The van der Waals surface area contributed by atoms with Crippen LogP contribution in [0.25, 0.3) is 43.6 Å². The van der Waals surface area contributed by atoms with Crippen molar-refractivity contribution in [2.24, 2.45) is 13.0 Å². The smallest absolute Gasteiger partial charge is 0.228 e. The Labute approximate surface area is 189 Å². The first-order valence-corrected chi connectivity index (χ1v) is 11.5. The van der Waals surface area contributed by atoms with Crippen molar-refractivity contribution in [2.45, 2.75) is 34.1 Å². The number of pyridine rings is 1. The van der Waals surface area contributed by atoms with Gasteiger partial charge < -0.3 is 4.74 Å². The summed E-state index contributed by atoms with van der Waals surface area (Å²) in [5.41, 5.74) is 6.40. The van der Waals surface area contributed by atoms with Crippen LogP contribution in [0.5, 0.6) is 11.5 Å². The van der Waals surface area contributed by atoms with Crippen LogP contribution < -0.4 is 9.30 Å². The quantitative estimate of drug-likeness (QED) is 0.209. The van der Waals surface area contributed by atoms with Gasteiger partial charge >= 0.3 is 0 Å². The summed E-state index contributed by atoms with van der Waals surface area (Å²) in [6, 6.07) is 20.0. The number of fused-ring (bicyclic) bond motifs is 5. The van der Waals surface area contributed by atoms with Gasteiger partial charge in [0.05, 0.1) is 10.9 Å². The second kappa shape index (κ2) is 6.80. The molecule has 0 unspecified atom stereocenters. The van der Waals surface area contributed by atoms with Crippen LogP contribution in [0, 0.1) is 19.8 Å². The zero-order valence-electron chi connectivity index (χ0n) is 19.4. The molecule has 0 saturated carbocycles. The molecule has 1 aliphatic heterocycles. The number of hydrogen-bond acceptors (Lipinski definition) is 1. The van der Waals surface area contributed by atoms with Gasteiger partial charge in [-0.15, -0.1) is 0 Å². The van der Waals surface area contributed by atoms with E-state index in [1.54, 1.807) is 0 Å². The predicted octanol–water partition coefficient (Wildman–Crippen LogP) is 7.56. The fourth-order valence-electron chi connectivity index (χ4n) is 5.52. The van der Waals surface area contributed by atoms with E-state index in [0.717, 1.165) is 17.9 Å². The highest BCUT2D eigenvalue weighted by Gasteiger charge is 2.33. The van der Waals surface area contributed by atoms with Crippen LogP contribution in [0.4, 0.5) is 0 Å².